The van der Waals surface area contributed by atoms with Crippen LogP contribution < -0.4 is 0 Å². The van der Waals surface area contributed by atoms with Crippen molar-refractivity contribution in [2.45, 2.75) is 13.0 Å². The lowest BCUT2D eigenvalue weighted by Gasteiger charge is -2.22. The van der Waals surface area contributed by atoms with Crippen LogP contribution in [0.4, 0.5) is 0 Å². The van der Waals surface area contributed by atoms with Crippen LogP contribution in [0.15, 0.2) is 48.5 Å². The zero-order valence-corrected chi connectivity index (χ0v) is 14.7. The van der Waals surface area contributed by atoms with Crippen LogP contribution in [0, 0.1) is 11.3 Å². The molecule has 5 heteroatoms. The molecule has 0 aromatic heterocycles. The highest BCUT2D eigenvalue weighted by molar-refractivity contribution is 6.30. The van der Waals surface area contributed by atoms with Gasteiger partial charge in [-0.3, -0.25) is 9.69 Å². The normalized spacial score (nSPS) is 15.4. The largest absolute Gasteiger partial charge is 0.337 e. The van der Waals surface area contributed by atoms with E-state index in [1.807, 2.05) is 29.2 Å². The Morgan fingerprint density at radius 2 is 1.88 bits per heavy atom. The number of nitriles is 1. The lowest BCUT2D eigenvalue weighted by molar-refractivity contribution is 0.0761. The molecule has 1 aliphatic rings. The SMILES string of the molecule is N#Cc1cccc(CN2CCCN(C(=O)c3ccc(Cl)cc3)CC2)c1. The van der Waals surface area contributed by atoms with E-state index in [1.54, 1.807) is 24.3 Å². The molecule has 0 aliphatic carbocycles. The molecule has 0 atom stereocenters. The van der Waals surface area contributed by atoms with E-state index in [9.17, 15) is 4.79 Å². The molecule has 0 saturated carbocycles. The van der Waals surface area contributed by atoms with E-state index in [0.29, 0.717) is 22.7 Å². The standard InChI is InChI=1S/C20H20ClN3O/c21-19-7-5-18(6-8-19)20(25)24-10-2-9-23(11-12-24)15-17-4-1-3-16(13-17)14-22/h1,3-8,13H,2,9-12,15H2. The van der Waals surface area contributed by atoms with Gasteiger partial charge in [0, 0.05) is 43.3 Å². The maximum atomic E-state index is 12.6. The van der Waals surface area contributed by atoms with Gasteiger partial charge in [-0.05, 0) is 48.4 Å². The predicted octanol–water partition coefficient (Wildman–Crippen LogP) is 3.56. The Hall–Kier alpha value is -2.35. The Balaban J connectivity index is 1.61. The van der Waals surface area contributed by atoms with E-state index in [2.05, 4.69) is 11.0 Å². The molecule has 2 aromatic rings. The van der Waals surface area contributed by atoms with Gasteiger partial charge in [0.2, 0.25) is 0 Å². The number of hydrogen-bond donors (Lipinski definition) is 0. The monoisotopic (exact) mass is 353 g/mol. The van der Waals surface area contributed by atoms with Gasteiger partial charge in [-0.15, -0.1) is 0 Å². The van der Waals surface area contributed by atoms with E-state index in [-0.39, 0.29) is 5.91 Å². The van der Waals surface area contributed by atoms with Gasteiger partial charge in [-0.25, -0.2) is 0 Å². The molecule has 3 rings (SSSR count). The summed E-state index contributed by atoms with van der Waals surface area (Å²) >= 11 is 5.89. The average molecular weight is 354 g/mol. The highest BCUT2D eigenvalue weighted by atomic mass is 35.5. The fourth-order valence-corrected chi connectivity index (χ4v) is 3.23. The molecule has 2 aromatic carbocycles. The average Bonchev–Trinajstić information content (AvgIpc) is 2.87. The Morgan fingerprint density at radius 1 is 1.08 bits per heavy atom. The summed E-state index contributed by atoms with van der Waals surface area (Å²) in [6, 6.07) is 17.0. The van der Waals surface area contributed by atoms with Crippen LogP contribution in [0.2, 0.25) is 5.02 Å². The summed E-state index contributed by atoms with van der Waals surface area (Å²) in [7, 11) is 0. The maximum absolute atomic E-state index is 12.6. The molecule has 25 heavy (non-hydrogen) atoms. The number of nitrogens with zero attached hydrogens (tertiary/aromatic N) is 3. The molecule has 4 nitrogen and oxygen atoms in total. The van der Waals surface area contributed by atoms with E-state index < -0.39 is 0 Å². The van der Waals surface area contributed by atoms with Gasteiger partial charge in [0.15, 0.2) is 0 Å². The molecular formula is C20H20ClN3O. The van der Waals surface area contributed by atoms with Crippen LogP contribution in [0.1, 0.15) is 27.9 Å². The molecule has 1 heterocycles. The number of halogens is 1. The van der Waals surface area contributed by atoms with Gasteiger partial charge >= 0.3 is 0 Å². The van der Waals surface area contributed by atoms with Crippen LogP contribution >= 0.6 is 11.6 Å². The summed E-state index contributed by atoms with van der Waals surface area (Å²) < 4.78 is 0. The summed E-state index contributed by atoms with van der Waals surface area (Å²) in [6.45, 7) is 4.05. The fraction of sp³-hybridized carbons (Fsp3) is 0.300. The minimum atomic E-state index is 0.0602. The van der Waals surface area contributed by atoms with Crippen molar-refractivity contribution in [3.05, 3.63) is 70.2 Å². The Labute approximate surface area is 153 Å². The van der Waals surface area contributed by atoms with Gasteiger partial charge in [0.05, 0.1) is 11.6 Å². The maximum Gasteiger partial charge on any atom is 0.253 e. The van der Waals surface area contributed by atoms with Crippen LogP contribution in [0.5, 0.6) is 0 Å². The van der Waals surface area contributed by atoms with Gasteiger partial charge in [-0.1, -0.05) is 23.7 Å². The quantitative estimate of drug-likeness (QED) is 0.847. The minimum Gasteiger partial charge on any atom is -0.337 e. The second-order valence-corrected chi connectivity index (χ2v) is 6.68. The molecule has 0 spiro atoms. The van der Waals surface area contributed by atoms with Gasteiger partial charge in [-0.2, -0.15) is 5.26 Å². The van der Waals surface area contributed by atoms with Crippen molar-refractivity contribution in [1.82, 2.24) is 9.80 Å². The molecule has 1 saturated heterocycles. The summed E-state index contributed by atoms with van der Waals surface area (Å²) in [5, 5.41) is 9.66. The number of amides is 1. The van der Waals surface area contributed by atoms with Crippen molar-refractivity contribution in [3.63, 3.8) is 0 Å². The first-order valence-corrected chi connectivity index (χ1v) is 8.80. The Morgan fingerprint density at radius 3 is 2.64 bits per heavy atom. The highest BCUT2D eigenvalue weighted by Gasteiger charge is 2.20. The lowest BCUT2D eigenvalue weighted by atomic mass is 10.1. The highest BCUT2D eigenvalue weighted by Crippen LogP contribution is 2.15. The second-order valence-electron chi connectivity index (χ2n) is 6.24. The van der Waals surface area contributed by atoms with Crippen molar-refractivity contribution < 1.29 is 4.79 Å². The molecule has 0 unspecified atom stereocenters. The van der Waals surface area contributed by atoms with Crippen LogP contribution in [-0.2, 0) is 6.54 Å². The lowest BCUT2D eigenvalue weighted by Crippen LogP contribution is -2.35. The number of benzene rings is 2. The molecule has 0 radical (unpaired) electrons. The molecular weight excluding hydrogens is 334 g/mol. The predicted molar refractivity (Wildman–Crippen MR) is 98.4 cm³/mol. The van der Waals surface area contributed by atoms with E-state index in [4.69, 9.17) is 16.9 Å². The van der Waals surface area contributed by atoms with Crippen LogP contribution in [-0.4, -0.2) is 41.9 Å². The smallest absolute Gasteiger partial charge is 0.253 e. The zero-order valence-electron chi connectivity index (χ0n) is 14.0. The third-order valence-corrected chi connectivity index (χ3v) is 4.68. The Bertz CT molecular complexity index is 782. The topological polar surface area (TPSA) is 47.3 Å². The third kappa shape index (κ3) is 4.60. The van der Waals surface area contributed by atoms with Gasteiger partial charge in [0.25, 0.3) is 5.91 Å². The zero-order chi connectivity index (χ0) is 17.6. The second kappa shape index (κ2) is 8.15. The van der Waals surface area contributed by atoms with Crippen molar-refractivity contribution in [3.8, 4) is 6.07 Å². The first-order valence-electron chi connectivity index (χ1n) is 8.42. The van der Waals surface area contributed by atoms with Crippen molar-refractivity contribution in [2.75, 3.05) is 26.2 Å². The molecule has 0 N–H and O–H groups in total. The molecule has 0 bridgehead atoms. The number of carbonyl (C=O) groups is 1. The first kappa shape index (κ1) is 17.5. The summed E-state index contributed by atoms with van der Waals surface area (Å²) in [6.07, 6.45) is 0.942. The van der Waals surface area contributed by atoms with Crippen molar-refractivity contribution >= 4 is 17.5 Å². The van der Waals surface area contributed by atoms with Crippen molar-refractivity contribution in [2.24, 2.45) is 0 Å². The number of hydrogen-bond acceptors (Lipinski definition) is 3. The third-order valence-electron chi connectivity index (χ3n) is 4.43. The van der Waals surface area contributed by atoms with Gasteiger partial charge in [0.1, 0.15) is 0 Å². The summed E-state index contributed by atoms with van der Waals surface area (Å²) in [5.41, 5.74) is 2.50. The molecule has 1 fully saturated rings. The van der Waals surface area contributed by atoms with E-state index in [1.165, 1.54) is 0 Å². The molecule has 1 amide bonds. The minimum absolute atomic E-state index is 0.0602. The summed E-state index contributed by atoms with van der Waals surface area (Å²) in [5.74, 6) is 0.0602. The van der Waals surface area contributed by atoms with Crippen molar-refractivity contribution in [1.29, 1.82) is 5.26 Å². The first-order chi connectivity index (χ1) is 12.2. The molecule has 128 valence electrons. The van der Waals surface area contributed by atoms with Crippen LogP contribution in [0.25, 0.3) is 0 Å². The van der Waals surface area contributed by atoms with E-state index >= 15 is 0 Å². The fourth-order valence-electron chi connectivity index (χ4n) is 3.10. The van der Waals surface area contributed by atoms with E-state index in [0.717, 1.165) is 38.2 Å². The summed E-state index contributed by atoms with van der Waals surface area (Å²) in [4.78, 5) is 16.9. The Kier molecular flexibility index (Phi) is 5.70. The van der Waals surface area contributed by atoms with Gasteiger partial charge < -0.3 is 4.90 Å². The number of carbonyl (C=O) groups excluding carboxylic acids is 1. The van der Waals surface area contributed by atoms with Crippen LogP contribution in [0.3, 0.4) is 0 Å². The number of rotatable bonds is 3. The molecule has 1 aliphatic heterocycles.